The Bertz CT molecular complexity index is 586. The number of rotatable bonds is 9. The first-order valence-electron chi connectivity index (χ1n) is 10.3. The van der Waals surface area contributed by atoms with Crippen molar-refractivity contribution in [1.29, 1.82) is 5.26 Å². The fourth-order valence-corrected chi connectivity index (χ4v) is 3.28. The van der Waals surface area contributed by atoms with E-state index in [1.165, 1.54) is 0 Å². The standard InChI is InChI=1S/C23H43N3O2/c1-17(27)22(8,9)14-18(16-24)15-23(10,11)19(28)26(21(5,6)7)13-12-25-20(2,3)4/h18,25H,12-15H2,1-11H3. The number of nitriles is 1. The number of hydrogen-bond donors (Lipinski definition) is 1. The normalized spacial score (nSPS) is 14.4. The molecule has 0 spiro atoms. The second-order valence-electron chi connectivity index (χ2n) is 11.4. The van der Waals surface area contributed by atoms with Crippen LogP contribution in [-0.2, 0) is 9.59 Å². The summed E-state index contributed by atoms with van der Waals surface area (Å²) in [5, 5.41) is 13.1. The summed E-state index contributed by atoms with van der Waals surface area (Å²) in [4.78, 5) is 27.2. The summed E-state index contributed by atoms with van der Waals surface area (Å²) in [5.41, 5.74) is -1.55. The minimum Gasteiger partial charge on any atom is -0.336 e. The lowest BCUT2D eigenvalue weighted by Crippen LogP contribution is -2.54. The number of amides is 1. The molecule has 0 radical (unpaired) electrons. The third-order valence-corrected chi connectivity index (χ3v) is 5.27. The zero-order valence-electron chi connectivity index (χ0n) is 20.1. The average molecular weight is 394 g/mol. The van der Waals surface area contributed by atoms with Crippen molar-refractivity contribution in [3.05, 3.63) is 0 Å². The molecule has 5 nitrogen and oxygen atoms in total. The molecule has 0 rings (SSSR count). The van der Waals surface area contributed by atoms with Crippen molar-refractivity contribution < 1.29 is 9.59 Å². The SMILES string of the molecule is CC(=O)C(C)(C)CC(C#N)CC(C)(C)C(=O)N(CCNC(C)(C)C)C(C)(C)C. The maximum Gasteiger partial charge on any atom is 0.228 e. The Morgan fingerprint density at radius 2 is 1.39 bits per heavy atom. The number of carbonyl (C=O) groups is 2. The third kappa shape index (κ3) is 8.73. The second-order valence-corrected chi connectivity index (χ2v) is 11.4. The molecule has 0 aromatic heterocycles. The summed E-state index contributed by atoms with van der Waals surface area (Å²) < 4.78 is 0. The van der Waals surface area contributed by atoms with Gasteiger partial charge in [-0.2, -0.15) is 5.26 Å². The molecule has 0 heterocycles. The van der Waals surface area contributed by atoms with Gasteiger partial charge in [0.2, 0.25) is 5.91 Å². The van der Waals surface area contributed by atoms with Gasteiger partial charge in [0, 0.05) is 40.9 Å². The van der Waals surface area contributed by atoms with E-state index >= 15 is 0 Å². The van der Waals surface area contributed by atoms with Crippen molar-refractivity contribution in [2.45, 2.75) is 100 Å². The number of Topliss-reactive ketones (excluding diaryl/α,β-unsaturated/α-hetero) is 1. The number of nitrogens with one attached hydrogen (secondary N) is 1. The first kappa shape index (κ1) is 26.6. The van der Waals surface area contributed by atoms with Crippen LogP contribution in [-0.4, -0.2) is 40.8 Å². The van der Waals surface area contributed by atoms with Crippen LogP contribution in [0.3, 0.4) is 0 Å². The Labute approximate surface area is 173 Å². The Kier molecular flexibility index (Phi) is 8.92. The van der Waals surface area contributed by atoms with Crippen molar-refractivity contribution in [3.8, 4) is 6.07 Å². The highest BCUT2D eigenvalue weighted by Crippen LogP contribution is 2.36. The molecule has 0 aromatic rings. The molecule has 1 N–H and O–H groups in total. The van der Waals surface area contributed by atoms with E-state index in [0.29, 0.717) is 25.9 Å². The van der Waals surface area contributed by atoms with E-state index in [9.17, 15) is 14.9 Å². The Balaban J connectivity index is 5.38. The molecule has 0 fully saturated rings. The van der Waals surface area contributed by atoms with E-state index in [2.05, 4.69) is 32.2 Å². The predicted molar refractivity (Wildman–Crippen MR) is 116 cm³/mol. The summed E-state index contributed by atoms with van der Waals surface area (Å²) in [6.07, 6.45) is 0.912. The van der Waals surface area contributed by atoms with Crippen LogP contribution >= 0.6 is 0 Å². The monoisotopic (exact) mass is 393 g/mol. The van der Waals surface area contributed by atoms with Gasteiger partial charge < -0.3 is 10.2 Å². The van der Waals surface area contributed by atoms with E-state index in [1.807, 2.05) is 53.4 Å². The molecule has 5 heteroatoms. The first-order chi connectivity index (χ1) is 12.3. The molecule has 0 saturated heterocycles. The molecular weight excluding hydrogens is 350 g/mol. The van der Waals surface area contributed by atoms with Crippen molar-refractivity contribution in [3.63, 3.8) is 0 Å². The zero-order valence-corrected chi connectivity index (χ0v) is 20.1. The molecule has 0 aliphatic rings. The van der Waals surface area contributed by atoms with Crippen LogP contribution in [0.15, 0.2) is 0 Å². The Hall–Kier alpha value is -1.41. The molecule has 162 valence electrons. The van der Waals surface area contributed by atoms with Crippen molar-refractivity contribution in [2.75, 3.05) is 13.1 Å². The molecule has 28 heavy (non-hydrogen) atoms. The van der Waals surface area contributed by atoms with Crippen LogP contribution < -0.4 is 5.32 Å². The van der Waals surface area contributed by atoms with E-state index in [4.69, 9.17) is 0 Å². The van der Waals surface area contributed by atoms with E-state index in [1.54, 1.807) is 6.92 Å². The summed E-state index contributed by atoms with van der Waals surface area (Å²) in [5.74, 6) is -0.217. The van der Waals surface area contributed by atoms with Gasteiger partial charge in [-0.05, 0) is 61.3 Å². The van der Waals surface area contributed by atoms with Gasteiger partial charge in [-0.15, -0.1) is 0 Å². The largest absolute Gasteiger partial charge is 0.336 e. The quantitative estimate of drug-likeness (QED) is 0.623. The zero-order chi connectivity index (χ0) is 22.6. The lowest BCUT2D eigenvalue weighted by Gasteiger charge is -2.42. The Morgan fingerprint density at radius 1 is 0.929 bits per heavy atom. The van der Waals surface area contributed by atoms with Crippen LogP contribution in [0.25, 0.3) is 0 Å². The predicted octanol–water partition coefficient (Wildman–Crippen LogP) is 4.56. The minimum absolute atomic E-state index is 0.00764. The maximum atomic E-state index is 13.4. The smallest absolute Gasteiger partial charge is 0.228 e. The summed E-state index contributed by atoms with van der Waals surface area (Å²) in [6, 6.07) is 2.33. The third-order valence-electron chi connectivity index (χ3n) is 5.27. The molecule has 0 aliphatic heterocycles. The van der Waals surface area contributed by atoms with Crippen LogP contribution in [0.5, 0.6) is 0 Å². The minimum atomic E-state index is -0.678. The molecule has 0 aliphatic carbocycles. The van der Waals surface area contributed by atoms with E-state index < -0.39 is 10.8 Å². The van der Waals surface area contributed by atoms with Crippen LogP contribution in [0.4, 0.5) is 0 Å². The molecule has 1 amide bonds. The maximum absolute atomic E-state index is 13.4. The lowest BCUT2D eigenvalue weighted by molar-refractivity contribution is -0.146. The fourth-order valence-electron chi connectivity index (χ4n) is 3.28. The highest BCUT2D eigenvalue weighted by Gasteiger charge is 2.40. The first-order valence-corrected chi connectivity index (χ1v) is 10.3. The molecule has 0 bridgehead atoms. The van der Waals surface area contributed by atoms with Crippen LogP contribution in [0.1, 0.15) is 89.0 Å². The highest BCUT2D eigenvalue weighted by atomic mass is 16.2. The molecule has 0 aromatic carbocycles. The molecule has 1 unspecified atom stereocenters. The summed E-state index contributed by atoms with van der Waals surface area (Å²) in [7, 11) is 0. The van der Waals surface area contributed by atoms with Gasteiger partial charge in [0.15, 0.2) is 0 Å². The second kappa shape index (κ2) is 9.39. The van der Waals surface area contributed by atoms with E-state index in [0.717, 1.165) is 0 Å². The molecular formula is C23H43N3O2. The fraction of sp³-hybridized carbons (Fsp3) is 0.870. The Morgan fingerprint density at radius 3 is 1.75 bits per heavy atom. The van der Waals surface area contributed by atoms with Gasteiger partial charge in [0.25, 0.3) is 0 Å². The van der Waals surface area contributed by atoms with Crippen LogP contribution in [0, 0.1) is 28.1 Å². The number of nitrogens with zero attached hydrogens (tertiary/aromatic N) is 2. The number of ketones is 1. The summed E-state index contributed by atoms with van der Waals surface area (Å²) in [6.45, 7) is 22.9. The van der Waals surface area contributed by atoms with Gasteiger partial charge in [0.1, 0.15) is 5.78 Å². The number of hydrogen-bond acceptors (Lipinski definition) is 4. The van der Waals surface area contributed by atoms with Gasteiger partial charge in [-0.3, -0.25) is 9.59 Å². The van der Waals surface area contributed by atoms with Gasteiger partial charge >= 0.3 is 0 Å². The average Bonchev–Trinajstić information content (AvgIpc) is 2.47. The van der Waals surface area contributed by atoms with Crippen molar-refractivity contribution >= 4 is 11.7 Å². The molecule has 1 atom stereocenters. The van der Waals surface area contributed by atoms with Gasteiger partial charge in [-0.1, -0.05) is 27.7 Å². The van der Waals surface area contributed by atoms with Crippen LogP contribution in [0.2, 0.25) is 0 Å². The van der Waals surface area contributed by atoms with Gasteiger partial charge in [-0.25, -0.2) is 0 Å². The highest BCUT2D eigenvalue weighted by molar-refractivity contribution is 5.83. The topological polar surface area (TPSA) is 73.2 Å². The van der Waals surface area contributed by atoms with Gasteiger partial charge in [0.05, 0.1) is 6.07 Å². The summed E-state index contributed by atoms with van der Waals surface area (Å²) >= 11 is 0. The lowest BCUT2D eigenvalue weighted by atomic mass is 9.73. The number of carbonyl (C=O) groups excluding carboxylic acids is 2. The molecule has 0 saturated carbocycles. The van der Waals surface area contributed by atoms with E-state index in [-0.39, 0.29) is 28.7 Å². The van der Waals surface area contributed by atoms with Crippen molar-refractivity contribution in [2.24, 2.45) is 16.7 Å². The van der Waals surface area contributed by atoms with Crippen molar-refractivity contribution in [1.82, 2.24) is 10.2 Å².